The zero-order valence-corrected chi connectivity index (χ0v) is 15.2. The molecule has 4 aliphatic rings. The summed E-state index contributed by atoms with van der Waals surface area (Å²) >= 11 is 0. The van der Waals surface area contributed by atoms with Crippen molar-refractivity contribution in [2.24, 2.45) is 34.5 Å². The molecule has 0 aromatic carbocycles. The molecule has 0 aromatic heterocycles. The number of hydrogen-bond acceptors (Lipinski definition) is 0. The minimum absolute atomic E-state index is 0.570. The molecule has 0 aliphatic heterocycles. The van der Waals surface area contributed by atoms with Crippen LogP contribution in [0.3, 0.4) is 0 Å². The Hall–Kier alpha value is -0.260. The normalized spacial score (nSPS) is 53.5. The third-order valence-corrected chi connectivity index (χ3v) is 9.02. The average molecular weight is 301 g/mol. The van der Waals surface area contributed by atoms with E-state index in [-0.39, 0.29) is 0 Å². The van der Waals surface area contributed by atoms with Gasteiger partial charge in [0, 0.05) is 0 Å². The molecule has 4 saturated carbocycles. The summed E-state index contributed by atoms with van der Waals surface area (Å²) in [5, 5.41) is 0. The van der Waals surface area contributed by atoms with Crippen LogP contribution in [0.15, 0.2) is 11.6 Å². The van der Waals surface area contributed by atoms with Gasteiger partial charge in [0.2, 0.25) is 0 Å². The molecule has 0 bridgehead atoms. The average Bonchev–Trinajstić information content (AvgIpc) is 2.77. The lowest BCUT2D eigenvalue weighted by molar-refractivity contribution is -0.0474. The van der Waals surface area contributed by atoms with Crippen molar-refractivity contribution in [2.45, 2.75) is 91.4 Å². The van der Waals surface area contributed by atoms with Gasteiger partial charge < -0.3 is 0 Å². The van der Waals surface area contributed by atoms with Crippen LogP contribution in [-0.2, 0) is 0 Å². The van der Waals surface area contributed by atoms with Crippen LogP contribution in [0, 0.1) is 34.5 Å². The van der Waals surface area contributed by atoms with E-state index in [1.165, 1.54) is 44.9 Å². The molecule has 4 fully saturated rings. The third kappa shape index (κ3) is 2.01. The fraction of sp³-hybridized carbons (Fsp3) is 0.909. The highest BCUT2D eigenvalue weighted by molar-refractivity contribution is 5.23. The van der Waals surface area contributed by atoms with Crippen LogP contribution in [0.25, 0.3) is 0 Å². The molecule has 0 heterocycles. The predicted octanol–water partition coefficient (Wildman–Crippen LogP) is 6.76. The summed E-state index contributed by atoms with van der Waals surface area (Å²) < 4.78 is 0. The Morgan fingerprint density at radius 1 is 0.864 bits per heavy atom. The number of hydrogen-bond donors (Lipinski definition) is 0. The van der Waals surface area contributed by atoms with Gasteiger partial charge in [0.15, 0.2) is 0 Å². The van der Waals surface area contributed by atoms with Gasteiger partial charge in [-0.15, -0.1) is 0 Å². The highest BCUT2D eigenvalue weighted by Crippen LogP contribution is 2.66. The molecule has 0 spiro atoms. The van der Waals surface area contributed by atoms with E-state index in [9.17, 15) is 0 Å². The summed E-state index contributed by atoms with van der Waals surface area (Å²) in [6, 6.07) is 0. The van der Waals surface area contributed by atoms with Crippen LogP contribution in [-0.4, -0.2) is 0 Å². The molecular formula is C22H36. The van der Waals surface area contributed by atoms with Crippen LogP contribution >= 0.6 is 0 Å². The van der Waals surface area contributed by atoms with Crippen LogP contribution in [0.1, 0.15) is 91.4 Å². The van der Waals surface area contributed by atoms with E-state index in [1.54, 1.807) is 25.7 Å². The minimum Gasteiger partial charge on any atom is -0.0879 e. The zero-order chi connectivity index (χ0) is 15.4. The van der Waals surface area contributed by atoms with E-state index < -0.39 is 0 Å². The number of fused-ring (bicyclic) bond motifs is 5. The van der Waals surface area contributed by atoms with E-state index in [0.717, 1.165) is 23.7 Å². The maximum Gasteiger partial charge on any atom is -0.00853 e. The molecule has 0 nitrogen and oxygen atoms in total. The van der Waals surface area contributed by atoms with Gasteiger partial charge in [0.25, 0.3) is 0 Å². The smallest absolute Gasteiger partial charge is 0.00853 e. The highest BCUT2D eigenvalue weighted by Gasteiger charge is 2.56. The molecule has 0 aromatic rings. The first-order valence-corrected chi connectivity index (χ1v) is 10.3. The van der Waals surface area contributed by atoms with E-state index >= 15 is 0 Å². The molecule has 0 radical (unpaired) electrons. The van der Waals surface area contributed by atoms with Crippen molar-refractivity contribution in [1.82, 2.24) is 0 Å². The van der Waals surface area contributed by atoms with Crippen molar-refractivity contribution in [3.05, 3.63) is 11.6 Å². The van der Waals surface area contributed by atoms with Gasteiger partial charge in [-0.1, -0.05) is 44.8 Å². The largest absolute Gasteiger partial charge is 0.0879 e. The van der Waals surface area contributed by atoms with Crippen molar-refractivity contribution in [1.29, 1.82) is 0 Å². The second-order valence-corrected chi connectivity index (χ2v) is 9.56. The maximum absolute atomic E-state index is 2.72. The maximum atomic E-state index is 2.72. The van der Waals surface area contributed by atoms with Crippen LogP contribution in [0.5, 0.6) is 0 Å². The summed E-state index contributed by atoms with van der Waals surface area (Å²) in [5.41, 5.74) is 3.07. The van der Waals surface area contributed by atoms with E-state index in [0.29, 0.717) is 10.8 Å². The molecule has 124 valence electrons. The molecular weight excluding hydrogens is 264 g/mol. The summed E-state index contributed by atoms with van der Waals surface area (Å²) in [6.45, 7) is 7.64. The molecule has 0 N–H and O–H groups in total. The van der Waals surface area contributed by atoms with Gasteiger partial charge in [-0.3, -0.25) is 0 Å². The molecule has 6 atom stereocenters. The first-order chi connectivity index (χ1) is 10.6. The zero-order valence-electron chi connectivity index (χ0n) is 15.2. The van der Waals surface area contributed by atoms with E-state index in [1.807, 2.05) is 5.57 Å². The van der Waals surface area contributed by atoms with Crippen molar-refractivity contribution in [3.8, 4) is 0 Å². The third-order valence-electron chi connectivity index (χ3n) is 9.02. The molecule has 6 unspecified atom stereocenters. The second-order valence-electron chi connectivity index (χ2n) is 9.56. The fourth-order valence-corrected chi connectivity index (χ4v) is 7.82. The standard InChI is InChI=1S/C22H36/c1-4-16-11-12-19-18-10-7-9-17-8-5-6-14-21(17,2)20(18)13-15-22(16,19)3/h4,17-20H,5-15H2,1-3H3. The summed E-state index contributed by atoms with van der Waals surface area (Å²) in [6.07, 6.45) is 19.1. The number of allylic oxidation sites excluding steroid dienone is 2. The lowest BCUT2D eigenvalue weighted by atomic mass is 9.50. The lowest BCUT2D eigenvalue weighted by Crippen LogP contribution is -2.47. The number of rotatable bonds is 0. The highest BCUT2D eigenvalue weighted by atomic mass is 14.6. The molecule has 0 heteroatoms. The van der Waals surface area contributed by atoms with Gasteiger partial charge >= 0.3 is 0 Å². The van der Waals surface area contributed by atoms with Crippen LogP contribution in [0.2, 0.25) is 0 Å². The van der Waals surface area contributed by atoms with Gasteiger partial charge in [-0.05, 0) is 92.8 Å². The SMILES string of the molecule is CC=C1CCC2C3CCCC4CCCCC4(C)C3CCC12C. The minimum atomic E-state index is 0.570. The molecule has 22 heavy (non-hydrogen) atoms. The van der Waals surface area contributed by atoms with Gasteiger partial charge in [-0.2, -0.15) is 0 Å². The van der Waals surface area contributed by atoms with Gasteiger partial charge in [-0.25, -0.2) is 0 Å². The predicted molar refractivity (Wildman–Crippen MR) is 94.7 cm³/mol. The monoisotopic (exact) mass is 300 g/mol. The Kier molecular flexibility index (Phi) is 3.74. The molecule has 0 saturated heterocycles. The Balaban J connectivity index is 1.68. The summed E-state index contributed by atoms with van der Waals surface area (Å²) in [7, 11) is 0. The Labute approximate surface area is 138 Å². The van der Waals surface area contributed by atoms with Gasteiger partial charge in [0.05, 0.1) is 0 Å². The Bertz CT molecular complexity index is 461. The Morgan fingerprint density at radius 2 is 1.68 bits per heavy atom. The first kappa shape index (κ1) is 15.3. The Morgan fingerprint density at radius 3 is 2.50 bits per heavy atom. The lowest BCUT2D eigenvalue weighted by Gasteiger charge is -2.55. The van der Waals surface area contributed by atoms with Crippen LogP contribution in [0.4, 0.5) is 0 Å². The van der Waals surface area contributed by atoms with E-state index in [2.05, 4.69) is 26.8 Å². The van der Waals surface area contributed by atoms with Crippen molar-refractivity contribution >= 4 is 0 Å². The van der Waals surface area contributed by atoms with E-state index in [4.69, 9.17) is 0 Å². The quantitative estimate of drug-likeness (QED) is 0.434. The summed E-state index contributed by atoms with van der Waals surface area (Å²) in [5.74, 6) is 4.16. The fourth-order valence-electron chi connectivity index (χ4n) is 7.82. The first-order valence-electron chi connectivity index (χ1n) is 10.3. The van der Waals surface area contributed by atoms with Crippen molar-refractivity contribution in [3.63, 3.8) is 0 Å². The topological polar surface area (TPSA) is 0 Å². The van der Waals surface area contributed by atoms with Crippen LogP contribution < -0.4 is 0 Å². The van der Waals surface area contributed by atoms with Crippen molar-refractivity contribution in [2.75, 3.05) is 0 Å². The molecule has 4 aliphatic carbocycles. The second kappa shape index (κ2) is 5.38. The molecule has 4 rings (SSSR count). The van der Waals surface area contributed by atoms with Gasteiger partial charge in [0.1, 0.15) is 0 Å². The van der Waals surface area contributed by atoms with Crippen molar-refractivity contribution < 1.29 is 0 Å². The summed E-state index contributed by atoms with van der Waals surface area (Å²) in [4.78, 5) is 0. The molecule has 0 amide bonds.